The third kappa shape index (κ3) is 2.31. The summed E-state index contributed by atoms with van der Waals surface area (Å²) in [6.45, 7) is 6.12. The van der Waals surface area contributed by atoms with E-state index in [2.05, 4.69) is 58.2 Å². The number of nitrogens with zero attached hydrogens (tertiary/aromatic N) is 3. The molecule has 4 aromatic rings. The molecule has 2 aromatic heterocycles. The van der Waals surface area contributed by atoms with Gasteiger partial charge in [-0.3, -0.25) is 0 Å². The molecular weight excluding hydrogens is 330 g/mol. The van der Waals surface area contributed by atoms with E-state index in [1.165, 1.54) is 52.5 Å². The standard InChI is InChI=1S/C24H23N3/c1-2-16-12-19-7-5-11-26-23(19)20(13-16)25-24(26)22-14-18-6-3-4-8-21(18)27(22)15-17-9-10-17/h2-4,6,8,12-14,17H,1,5,7,9-11,15H2. The molecule has 1 aliphatic heterocycles. The summed E-state index contributed by atoms with van der Waals surface area (Å²) in [5.74, 6) is 1.96. The van der Waals surface area contributed by atoms with Crippen LogP contribution in [0.3, 0.4) is 0 Å². The predicted molar refractivity (Wildman–Crippen MR) is 112 cm³/mol. The van der Waals surface area contributed by atoms with Gasteiger partial charge >= 0.3 is 0 Å². The van der Waals surface area contributed by atoms with Gasteiger partial charge in [0.1, 0.15) is 0 Å². The van der Waals surface area contributed by atoms with Crippen molar-refractivity contribution in [2.45, 2.75) is 38.8 Å². The first-order chi connectivity index (χ1) is 13.3. The molecule has 3 nitrogen and oxygen atoms in total. The minimum Gasteiger partial charge on any atom is -0.338 e. The summed E-state index contributed by atoms with van der Waals surface area (Å²) in [5, 5.41) is 1.32. The second-order valence-corrected chi connectivity index (χ2v) is 8.08. The maximum Gasteiger partial charge on any atom is 0.157 e. The Bertz CT molecular complexity index is 1200. The van der Waals surface area contributed by atoms with Crippen molar-refractivity contribution in [3.63, 3.8) is 0 Å². The molecule has 0 unspecified atom stereocenters. The van der Waals surface area contributed by atoms with Crippen LogP contribution in [0.2, 0.25) is 0 Å². The topological polar surface area (TPSA) is 22.8 Å². The fourth-order valence-corrected chi connectivity index (χ4v) is 4.68. The van der Waals surface area contributed by atoms with Crippen molar-refractivity contribution in [2.24, 2.45) is 5.92 Å². The Morgan fingerprint density at radius 1 is 1.15 bits per heavy atom. The van der Waals surface area contributed by atoms with Gasteiger partial charge in [0.15, 0.2) is 5.82 Å². The monoisotopic (exact) mass is 353 g/mol. The molecule has 0 amide bonds. The van der Waals surface area contributed by atoms with Gasteiger partial charge in [-0.2, -0.15) is 0 Å². The highest BCUT2D eigenvalue weighted by molar-refractivity contribution is 5.90. The molecule has 0 saturated heterocycles. The van der Waals surface area contributed by atoms with E-state index in [9.17, 15) is 0 Å². The van der Waals surface area contributed by atoms with Gasteiger partial charge in [-0.15, -0.1) is 0 Å². The van der Waals surface area contributed by atoms with E-state index in [4.69, 9.17) is 4.98 Å². The molecule has 0 N–H and O–H groups in total. The maximum absolute atomic E-state index is 5.14. The molecule has 0 radical (unpaired) electrons. The zero-order valence-electron chi connectivity index (χ0n) is 15.5. The van der Waals surface area contributed by atoms with Crippen LogP contribution in [0, 0.1) is 5.92 Å². The number of rotatable bonds is 4. The van der Waals surface area contributed by atoms with Crippen LogP contribution in [0.15, 0.2) is 49.0 Å². The van der Waals surface area contributed by atoms with E-state index in [1.54, 1.807) is 0 Å². The van der Waals surface area contributed by atoms with E-state index < -0.39 is 0 Å². The Balaban J connectivity index is 1.64. The molecule has 3 heteroatoms. The van der Waals surface area contributed by atoms with E-state index in [0.717, 1.165) is 36.8 Å². The van der Waals surface area contributed by atoms with Crippen molar-refractivity contribution in [3.05, 3.63) is 60.2 Å². The molecule has 0 atom stereocenters. The van der Waals surface area contributed by atoms with Crippen LogP contribution < -0.4 is 0 Å². The molecule has 0 bridgehead atoms. The number of benzene rings is 2. The van der Waals surface area contributed by atoms with Crippen LogP contribution in [-0.4, -0.2) is 14.1 Å². The van der Waals surface area contributed by atoms with Crippen molar-refractivity contribution in [3.8, 4) is 11.5 Å². The minimum absolute atomic E-state index is 0.827. The van der Waals surface area contributed by atoms with Crippen LogP contribution in [0.5, 0.6) is 0 Å². The lowest BCUT2D eigenvalue weighted by molar-refractivity contribution is 0.621. The normalized spacial score (nSPS) is 16.3. The second-order valence-electron chi connectivity index (χ2n) is 8.08. The second kappa shape index (κ2) is 5.59. The van der Waals surface area contributed by atoms with Crippen molar-refractivity contribution in [1.29, 1.82) is 0 Å². The number of imidazole rings is 1. The van der Waals surface area contributed by atoms with Crippen LogP contribution in [0.1, 0.15) is 30.4 Å². The highest BCUT2D eigenvalue weighted by Gasteiger charge is 2.26. The largest absolute Gasteiger partial charge is 0.338 e. The number of fused-ring (bicyclic) bond motifs is 1. The Hall–Kier alpha value is -2.81. The zero-order chi connectivity index (χ0) is 18.0. The number of para-hydroxylation sites is 1. The van der Waals surface area contributed by atoms with Gasteiger partial charge in [0.2, 0.25) is 0 Å². The third-order valence-corrected chi connectivity index (χ3v) is 6.18. The molecule has 1 aliphatic carbocycles. The summed E-state index contributed by atoms with van der Waals surface area (Å²) in [4.78, 5) is 5.14. The first-order valence-electron chi connectivity index (χ1n) is 10.1. The number of hydrogen-bond donors (Lipinski definition) is 0. The van der Waals surface area contributed by atoms with Crippen molar-refractivity contribution in [2.75, 3.05) is 0 Å². The van der Waals surface area contributed by atoms with Crippen molar-refractivity contribution in [1.82, 2.24) is 14.1 Å². The molecule has 2 aromatic carbocycles. The lowest BCUT2D eigenvalue weighted by atomic mass is 10.0. The average Bonchev–Trinajstić information content (AvgIpc) is 3.35. The van der Waals surface area contributed by atoms with Gasteiger partial charge in [0.05, 0.1) is 16.7 Å². The molecule has 134 valence electrons. The van der Waals surface area contributed by atoms with Gasteiger partial charge in [0.25, 0.3) is 0 Å². The minimum atomic E-state index is 0.827. The fraction of sp³-hybridized carbons (Fsp3) is 0.292. The highest BCUT2D eigenvalue weighted by atomic mass is 15.1. The highest BCUT2D eigenvalue weighted by Crippen LogP contribution is 2.38. The van der Waals surface area contributed by atoms with Crippen LogP contribution in [0.25, 0.3) is 39.5 Å². The van der Waals surface area contributed by atoms with E-state index in [1.807, 2.05) is 6.08 Å². The summed E-state index contributed by atoms with van der Waals surface area (Å²) in [7, 11) is 0. The molecule has 1 saturated carbocycles. The lowest BCUT2D eigenvalue weighted by Gasteiger charge is -2.18. The van der Waals surface area contributed by atoms with E-state index in [-0.39, 0.29) is 0 Å². The fourth-order valence-electron chi connectivity index (χ4n) is 4.68. The number of aromatic nitrogens is 3. The smallest absolute Gasteiger partial charge is 0.157 e. The Morgan fingerprint density at radius 2 is 2.04 bits per heavy atom. The van der Waals surface area contributed by atoms with Crippen molar-refractivity contribution < 1.29 is 0 Å². The first kappa shape index (κ1) is 15.3. The predicted octanol–water partition coefficient (Wildman–Crippen LogP) is 5.66. The summed E-state index contributed by atoms with van der Waals surface area (Å²) in [6.07, 6.45) is 6.96. The van der Waals surface area contributed by atoms with Crippen LogP contribution in [-0.2, 0) is 19.5 Å². The van der Waals surface area contributed by atoms with Crippen molar-refractivity contribution >= 4 is 28.0 Å². The molecular formula is C24H23N3. The summed E-state index contributed by atoms with van der Waals surface area (Å²) < 4.78 is 4.97. The Kier molecular flexibility index (Phi) is 3.16. The molecule has 6 rings (SSSR count). The van der Waals surface area contributed by atoms with E-state index in [0.29, 0.717) is 0 Å². The zero-order valence-corrected chi connectivity index (χ0v) is 15.5. The molecule has 27 heavy (non-hydrogen) atoms. The number of aryl methyl sites for hydroxylation is 2. The molecule has 2 aliphatic rings. The summed E-state index contributed by atoms with van der Waals surface area (Å²) >= 11 is 0. The van der Waals surface area contributed by atoms with Crippen LogP contribution >= 0.6 is 0 Å². The quantitative estimate of drug-likeness (QED) is 0.464. The summed E-state index contributed by atoms with van der Waals surface area (Å²) in [5.41, 5.74) is 7.63. The van der Waals surface area contributed by atoms with Gasteiger partial charge in [-0.25, -0.2) is 4.98 Å². The average molecular weight is 353 g/mol. The third-order valence-electron chi connectivity index (χ3n) is 6.18. The lowest BCUT2D eigenvalue weighted by Crippen LogP contribution is -2.11. The maximum atomic E-state index is 5.14. The SMILES string of the molecule is C=Cc1cc2c3c(c1)nc(-c1cc4ccccc4n1CC1CC1)n3CCC2. The Morgan fingerprint density at radius 3 is 2.89 bits per heavy atom. The molecule has 1 fully saturated rings. The van der Waals surface area contributed by atoms with E-state index >= 15 is 0 Å². The molecule has 0 spiro atoms. The van der Waals surface area contributed by atoms with Gasteiger partial charge in [0, 0.05) is 24.0 Å². The first-order valence-corrected chi connectivity index (χ1v) is 10.1. The Labute approximate surface area is 158 Å². The molecule has 3 heterocycles. The number of hydrogen-bond acceptors (Lipinski definition) is 1. The van der Waals surface area contributed by atoms with Gasteiger partial charge < -0.3 is 9.13 Å². The van der Waals surface area contributed by atoms with Crippen LogP contribution in [0.4, 0.5) is 0 Å². The van der Waals surface area contributed by atoms with Gasteiger partial charge in [-0.05, 0) is 67.0 Å². The summed E-state index contributed by atoms with van der Waals surface area (Å²) in [6, 6.07) is 15.6. The van der Waals surface area contributed by atoms with Gasteiger partial charge in [-0.1, -0.05) is 30.9 Å².